The Morgan fingerprint density at radius 2 is 2.08 bits per heavy atom. The van der Waals surface area contributed by atoms with Crippen molar-refractivity contribution in [2.75, 3.05) is 5.75 Å². The van der Waals surface area contributed by atoms with E-state index in [0.717, 1.165) is 23.0 Å². The number of nitrogens with zero attached hydrogens (tertiary/aromatic N) is 3. The molecule has 6 heteroatoms. The second-order valence-corrected chi connectivity index (χ2v) is 7.74. The molecule has 5 nitrogen and oxygen atoms in total. The molecule has 0 unspecified atom stereocenters. The lowest BCUT2D eigenvalue weighted by molar-refractivity contribution is -0.119. The maximum atomic E-state index is 12.4. The van der Waals surface area contributed by atoms with Crippen LogP contribution in [0.2, 0.25) is 0 Å². The fourth-order valence-corrected chi connectivity index (χ4v) is 4.16. The summed E-state index contributed by atoms with van der Waals surface area (Å²) in [6.45, 7) is 6.67. The van der Waals surface area contributed by atoms with Crippen LogP contribution in [0.3, 0.4) is 0 Å². The predicted molar refractivity (Wildman–Crippen MR) is 106 cm³/mol. The number of rotatable bonds is 7. The Balaban J connectivity index is 1.65. The topological polar surface area (TPSA) is 59.8 Å². The number of carbonyl (C=O) groups is 1. The molecule has 1 heterocycles. The highest BCUT2D eigenvalue weighted by Crippen LogP contribution is 2.25. The average molecular weight is 371 g/mol. The third kappa shape index (κ3) is 4.55. The van der Waals surface area contributed by atoms with Crippen LogP contribution in [-0.2, 0) is 11.3 Å². The Labute approximate surface area is 159 Å². The van der Waals surface area contributed by atoms with Crippen molar-refractivity contribution in [3.8, 4) is 11.4 Å². The summed E-state index contributed by atoms with van der Waals surface area (Å²) in [7, 11) is 0. The first-order valence-electron chi connectivity index (χ1n) is 9.20. The van der Waals surface area contributed by atoms with Gasteiger partial charge in [0.15, 0.2) is 11.0 Å². The van der Waals surface area contributed by atoms with Gasteiger partial charge < -0.3 is 5.32 Å². The van der Waals surface area contributed by atoms with Crippen LogP contribution >= 0.6 is 11.8 Å². The van der Waals surface area contributed by atoms with Crippen molar-refractivity contribution >= 4 is 17.7 Å². The molecular formula is C20H26N4OS. The molecule has 1 aliphatic rings. The Kier molecular flexibility index (Phi) is 6.50. The lowest BCUT2D eigenvalue weighted by Gasteiger charge is -2.29. The normalized spacial score (nSPS) is 19.9. The number of nitrogens with one attached hydrogen (secondary N) is 1. The van der Waals surface area contributed by atoms with Gasteiger partial charge in [-0.3, -0.25) is 9.36 Å². The van der Waals surface area contributed by atoms with Crippen molar-refractivity contribution in [1.82, 2.24) is 20.1 Å². The molecule has 138 valence electrons. The molecule has 1 aliphatic carbocycles. The third-order valence-electron chi connectivity index (χ3n) is 4.85. The van der Waals surface area contributed by atoms with Crippen molar-refractivity contribution in [1.29, 1.82) is 0 Å². The first kappa shape index (κ1) is 18.7. The maximum absolute atomic E-state index is 12.4. The van der Waals surface area contributed by atoms with Crippen LogP contribution in [0.1, 0.15) is 32.6 Å². The quantitative estimate of drug-likeness (QED) is 0.593. The predicted octanol–water partition coefficient (Wildman–Crippen LogP) is 3.92. The van der Waals surface area contributed by atoms with E-state index in [-0.39, 0.29) is 5.91 Å². The van der Waals surface area contributed by atoms with E-state index in [1.165, 1.54) is 31.0 Å². The third-order valence-corrected chi connectivity index (χ3v) is 5.82. The molecule has 1 saturated carbocycles. The van der Waals surface area contributed by atoms with Crippen molar-refractivity contribution < 1.29 is 4.79 Å². The first-order chi connectivity index (χ1) is 12.7. The summed E-state index contributed by atoms with van der Waals surface area (Å²) >= 11 is 1.43. The molecule has 1 fully saturated rings. The standard InChI is InChI=1S/C20H26N4OS/c1-3-13-24-19(16-10-5-4-6-11-16)22-23-20(24)26-14-18(25)21-17-12-8-7-9-15(17)2/h3-6,10-11,15,17H,1,7-9,12-14H2,2H3,(H,21,25)/t15-,17-/m0/s1. The lowest BCUT2D eigenvalue weighted by Crippen LogP contribution is -2.41. The van der Waals surface area contributed by atoms with E-state index >= 15 is 0 Å². The molecule has 2 atom stereocenters. The fourth-order valence-electron chi connectivity index (χ4n) is 3.40. The van der Waals surface area contributed by atoms with Gasteiger partial charge in [0, 0.05) is 18.2 Å². The Morgan fingerprint density at radius 1 is 1.31 bits per heavy atom. The largest absolute Gasteiger partial charge is 0.352 e. The molecule has 2 aromatic rings. The van der Waals surface area contributed by atoms with Crippen LogP contribution in [0.5, 0.6) is 0 Å². The zero-order valence-corrected chi connectivity index (χ0v) is 16.0. The summed E-state index contributed by atoms with van der Waals surface area (Å²) in [6, 6.07) is 10.3. The highest BCUT2D eigenvalue weighted by Gasteiger charge is 2.23. The van der Waals surface area contributed by atoms with Gasteiger partial charge >= 0.3 is 0 Å². The highest BCUT2D eigenvalue weighted by molar-refractivity contribution is 7.99. The molecule has 1 aromatic heterocycles. The van der Waals surface area contributed by atoms with E-state index in [2.05, 4.69) is 29.0 Å². The highest BCUT2D eigenvalue weighted by atomic mass is 32.2. The number of amides is 1. The van der Waals surface area contributed by atoms with Gasteiger partial charge in [0.2, 0.25) is 5.91 Å². The van der Waals surface area contributed by atoms with Crippen LogP contribution in [0.4, 0.5) is 0 Å². The molecule has 0 radical (unpaired) electrons. The minimum atomic E-state index is 0.0724. The van der Waals surface area contributed by atoms with Gasteiger partial charge in [0.05, 0.1) is 5.75 Å². The van der Waals surface area contributed by atoms with Gasteiger partial charge in [-0.25, -0.2) is 0 Å². The summed E-state index contributed by atoms with van der Waals surface area (Å²) in [5, 5.41) is 12.6. The van der Waals surface area contributed by atoms with Gasteiger partial charge in [-0.15, -0.1) is 16.8 Å². The smallest absolute Gasteiger partial charge is 0.230 e. The van der Waals surface area contributed by atoms with Crippen molar-refractivity contribution in [2.45, 2.75) is 50.4 Å². The van der Waals surface area contributed by atoms with Gasteiger partial charge in [0.25, 0.3) is 0 Å². The van der Waals surface area contributed by atoms with E-state index in [1.54, 1.807) is 0 Å². The molecule has 0 bridgehead atoms. The molecule has 0 saturated heterocycles. The number of thioether (sulfide) groups is 1. The lowest BCUT2D eigenvalue weighted by atomic mass is 9.86. The van der Waals surface area contributed by atoms with E-state index in [0.29, 0.717) is 24.3 Å². The summed E-state index contributed by atoms with van der Waals surface area (Å²) in [4.78, 5) is 12.4. The minimum absolute atomic E-state index is 0.0724. The second-order valence-electron chi connectivity index (χ2n) is 6.80. The molecule has 1 amide bonds. The Bertz CT molecular complexity index is 744. The number of benzene rings is 1. The first-order valence-corrected chi connectivity index (χ1v) is 10.2. The van der Waals surface area contributed by atoms with Gasteiger partial charge in [-0.1, -0.05) is 67.9 Å². The summed E-state index contributed by atoms with van der Waals surface area (Å²) in [6.07, 6.45) is 6.59. The Morgan fingerprint density at radius 3 is 2.81 bits per heavy atom. The van der Waals surface area contributed by atoms with Crippen molar-refractivity contribution in [2.24, 2.45) is 5.92 Å². The van der Waals surface area contributed by atoms with Crippen LogP contribution in [-0.4, -0.2) is 32.5 Å². The molecule has 0 spiro atoms. The van der Waals surface area contributed by atoms with Gasteiger partial charge in [-0.2, -0.15) is 0 Å². The number of carbonyl (C=O) groups excluding carboxylic acids is 1. The van der Waals surface area contributed by atoms with E-state index in [4.69, 9.17) is 0 Å². The summed E-state index contributed by atoms with van der Waals surface area (Å²) in [5.74, 6) is 1.79. The van der Waals surface area contributed by atoms with Crippen LogP contribution in [0.25, 0.3) is 11.4 Å². The number of allylic oxidation sites excluding steroid dienone is 1. The number of hydrogen-bond acceptors (Lipinski definition) is 4. The second kappa shape index (κ2) is 9.03. The van der Waals surface area contributed by atoms with Gasteiger partial charge in [-0.05, 0) is 18.8 Å². The molecule has 1 aromatic carbocycles. The zero-order valence-electron chi connectivity index (χ0n) is 15.2. The van der Waals surface area contributed by atoms with E-state index in [1.807, 2.05) is 41.0 Å². The molecule has 26 heavy (non-hydrogen) atoms. The SMILES string of the molecule is C=CCn1c(SCC(=O)N[C@H]2CCCC[C@@H]2C)nnc1-c1ccccc1. The Hall–Kier alpha value is -2.08. The molecule has 1 N–H and O–H groups in total. The van der Waals surface area contributed by atoms with Crippen molar-refractivity contribution in [3.05, 3.63) is 43.0 Å². The van der Waals surface area contributed by atoms with E-state index in [9.17, 15) is 4.79 Å². The molecule has 0 aliphatic heterocycles. The van der Waals surface area contributed by atoms with Crippen LogP contribution in [0, 0.1) is 5.92 Å². The molecule has 3 rings (SSSR count). The summed E-state index contributed by atoms with van der Waals surface area (Å²) < 4.78 is 2.00. The summed E-state index contributed by atoms with van der Waals surface area (Å²) in [5.41, 5.74) is 1.01. The van der Waals surface area contributed by atoms with Crippen molar-refractivity contribution in [3.63, 3.8) is 0 Å². The maximum Gasteiger partial charge on any atom is 0.230 e. The minimum Gasteiger partial charge on any atom is -0.352 e. The van der Waals surface area contributed by atoms with Gasteiger partial charge in [0.1, 0.15) is 0 Å². The van der Waals surface area contributed by atoms with Crippen LogP contribution in [0.15, 0.2) is 48.1 Å². The molecular weight excluding hydrogens is 344 g/mol. The number of aromatic nitrogens is 3. The fraction of sp³-hybridized carbons (Fsp3) is 0.450. The zero-order chi connectivity index (χ0) is 18.4. The van der Waals surface area contributed by atoms with E-state index < -0.39 is 0 Å². The average Bonchev–Trinajstić information content (AvgIpc) is 3.06. The number of hydrogen-bond donors (Lipinski definition) is 1. The monoisotopic (exact) mass is 370 g/mol. The van der Waals surface area contributed by atoms with Crippen LogP contribution < -0.4 is 5.32 Å².